The Balaban J connectivity index is 1.49. The molecule has 2 saturated heterocycles. The SMILES string of the molecule is COc1ccc(C(OC[C@H]2O[C@@H](n3cc(C)c(=O)[nH]c3=O)[C@H]3OC[C@]32OP(OCCC#N)N(C(C)C)C(C)C)(c2ccccc2)c2ccc(OC)cc2)cc1. The first kappa shape index (κ1) is 40.3. The largest absolute Gasteiger partial charge is 0.497 e. The molecule has 3 aromatic carbocycles. The Kier molecular flexibility index (Phi) is 12.6. The smallest absolute Gasteiger partial charge is 0.330 e. The van der Waals surface area contributed by atoms with Crippen molar-refractivity contribution in [1.29, 1.82) is 5.26 Å². The maximum atomic E-state index is 13.3. The standard InChI is InChI=1S/C41H49N4O9P/c1-27(2)45(28(3)4)55(52-23-11-22-42)54-40-26-50-36(40)38(44-24-29(5)37(46)43-39(44)47)53-35(40)25-51-41(30-12-9-8-10-13-30,31-14-18-33(48-6)19-15-31)32-16-20-34(49-7)21-17-32/h8-10,12-21,24,27-28,35-36,38H,11,23,25-26H2,1-7H3,(H,43,46,47)/t35-,36-,38-,40-,55?/m1/s1. The van der Waals surface area contributed by atoms with Gasteiger partial charge in [-0.25, -0.2) is 9.46 Å². The molecular formula is C41H49N4O9P. The minimum Gasteiger partial charge on any atom is -0.497 e. The number of aromatic amines is 1. The van der Waals surface area contributed by atoms with E-state index in [0.717, 1.165) is 16.7 Å². The predicted octanol–water partition coefficient (Wildman–Crippen LogP) is 6.20. The zero-order valence-corrected chi connectivity index (χ0v) is 33.2. The molecule has 0 amide bonds. The average Bonchev–Trinajstić information content (AvgIpc) is 3.38. The van der Waals surface area contributed by atoms with Crippen LogP contribution < -0.4 is 20.7 Å². The lowest BCUT2D eigenvalue weighted by Gasteiger charge is -2.49. The number of methoxy groups -OCH3 is 2. The zero-order valence-electron chi connectivity index (χ0n) is 32.3. The third-order valence-corrected chi connectivity index (χ3v) is 12.2. The van der Waals surface area contributed by atoms with Crippen molar-refractivity contribution >= 4 is 8.53 Å². The third kappa shape index (κ3) is 7.86. The summed E-state index contributed by atoms with van der Waals surface area (Å²) in [4.78, 5) is 28.2. The molecule has 0 aliphatic carbocycles. The van der Waals surface area contributed by atoms with E-state index >= 15 is 0 Å². The van der Waals surface area contributed by atoms with Gasteiger partial charge in [0.25, 0.3) is 14.1 Å². The van der Waals surface area contributed by atoms with Gasteiger partial charge in [-0.2, -0.15) is 5.26 Å². The van der Waals surface area contributed by atoms with Crippen molar-refractivity contribution in [3.8, 4) is 17.6 Å². The Morgan fingerprint density at radius 1 is 0.945 bits per heavy atom. The highest BCUT2D eigenvalue weighted by atomic mass is 31.2. The van der Waals surface area contributed by atoms with E-state index in [-0.39, 0.29) is 38.3 Å². The first-order valence-electron chi connectivity index (χ1n) is 18.3. The summed E-state index contributed by atoms with van der Waals surface area (Å²) in [5, 5.41) is 9.38. The van der Waals surface area contributed by atoms with Crippen LogP contribution in [-0.4, -0.2) is 78.2 Å². The van der Waals surface area contributed by atoms with Gasteiger partial charge in [0.05, 0.1) is 46.5 Å². The molecule has 4 aromatic rings. The summed E-state index contributed by atoms with van der Waals surface area (Å²) in [5.74, 6) is 1.38. The Bertz CT molecular complexity index is 1990. The van der Waals surface area contributed by atoms with Crippen molar-refractivity contribution in [2.45, 2.75) is 82.8 Å². The highest BCUT2D eigenvalue weighted by Gasteiger charge is 2.68. The van der Waals surface area contributed by atoms with Crippen LogP contribution in [-0.2, 0) is 28.9 Å². The van der Waals surface area contributed by atoms with Crippen LogP contribution in [0.5, 0.6) is 11.5 Å². The lowest BCUT2D eigenvalue weighted by molar-refractivity contribution is -0.228. The topological polar surface area (TPSA) is 147 Å². The van der Waals surface area contributed by atoms with Crippen LogP contribution in [0.1, 0.15) is 62.6 Å². The number of nitrogens with zero attached hydrogens (tertiary/aromatic N) is 3. The van der Waals surface area contributed by atoms with E-state index in [0.29, 0.717) is 17.1 Å². The average molecular weight is 773 g/mol. The second-order valence-corrected chi connectivity index (χ2v) is 15.5. The first-order chi connectivity index (χ1) is 26.5. The van der Waals surface area contributed by atoms with E-state index in [4.69, 9.17) is 32.7 Å². The van der Waals surface area contributed by atoms with Gasteiger partial charge in [-0.1, -0.05) is 54.6 Å². The fraction of sp³-hybridized carbons (Fsp3) is 0.439. The molecule has 2 fully saturated rings. The number of rotatable bonds is 17. The number of nitrogens with one attached hydrogen (secondary N) is 1. The number of ether oxygens (including phenoxy) is 5. The second kappa shape index (κ2) is 17.2. The summed E-state index contributed by atoms with van der Waals surface area (Å²) in [6.07, 6.45) is -0.893. The number of nitriles is 1. The Labute approximate surface area is 322 Å². The number of H-pyrrole nitrogens is 1. The maximum absolute atomic E-state index is 13.3. The molecule has 14 heteroatoms. The normalized spacial score (nSPS) is 21.3. The molecule has 2 aliphatic heterocycles. The van der Waals surface area contributed by atoms with Gasteiger partial charge in [0, 0.05) is 23.8 Å². The zero-order chi connectivity index (χ0) is 39.3. The molecule has 13 nitrogen and oxygen atoms in total. The van der Waals surface area contributed by atoms with E-state index in [2.05, 4.69) is 43.4 Å². The van der Waals surface area contributed by atoms with E-state index in [1.54, 1.807) is 21.1 Å². The highest BCUT2D eigenvalue weighted by Crippen LogP contribution is 2.58. The van der Waals surface area contributed by atoms with Crippen molar-refractivity contribution in [2.75, 3.05) is 34.0 Å². The quantitative estimate of drug-likeness (QED) is 0.0744. The third-order valence-electron chi connectivity index (χ3n) is 10.0. The van der Waals surface area contributed by atoms with Crippen LogP contribution in [0.3, 0.4) is 0 Å². The number of hydrogen-bond acceptors (Lipinski definition) is 11. The predicted molar refractivity (Wildman–Crippen MR) is 207 cm³/mol. The first-order valence-corrected chi connectivity index (χ1v) is 19.5. The Morgan fingerprint density at radius 3 is 2.04 bits per heavy atom. The molecule has 0 saturated carbocycles. The fourth-order valence-corrected chi connectivity index (χ4v) is 9.15. The van der Waals surface area contributed by atoms with Crippen LogP contribution in [0, 0.1) is 18.3 Å². The van der Waals surface area contributed by atoms with Crippen molar-refractivity contribution < 1.29 is 32.7 Å². The molecule has 55 heavy (non-hydrogen) atoms. The lowest BCUT2D eigenvalue weighted by Crippen LogP contribution is -2.64. The van der Waals surface area contributed by atoms with Crippen LogP contribution >= 0.6 is 8.53 Å². The minimum atomic E-state index is -1.77. The van der Waals surface area contributed by atoms with Gasteiger partial charge in [-0.05, 0) is 75.6 Å². The summed E-state index contributed by atoms with van der Waals surface area (Å²) in [6, 6.07) is 27.6. The summed E-state index contributed by atoms with van der Waals surface area (Å²) < 4.78 is 48.4. The monoisotopic (exact) mass is 772 g/mol. The molecule has 0 radical (unpaired) electrons. The van der Waals surface area contributed by atoms with E-state index in [1.807, 2.05) is 78.9 Å². The molecule has 292 valence electrons. The lowest BCUT2D eigenvalue weighted by atomic mass is 9.79. The molecule has 0 bridgehead atoms. The van der Waals surface area contributed by atoms with Crippen molar-refractivity contribution in [3.63, 3.8) is 0 Å². The number of benzene rings is 3. The van der Waals surface area contributed by atoms with Crippen molar-refractivity contribution in [3.05, 3.63) is 128 Å². The molecule has 1 aromatic heterocycles. The van der Waals surface area contributed by atoms with E-state index < -0.39 is 49.4 Å². The fourth-order valence-electron chi connectivity index (χ4n) is 7.31. The summed E-state index contributed by atoms with van der Waals surface area (Å²) in [7, 11) is 1.47. The van der Waals surface area contributed by atoms with E-state index in [9.17, 15) is 14.9 Å². The number of hydrogen-bond donors (Lipinski definition) is 1. The van der Waals surface area contributed by atoms with Gasteiger partial charge in [-0.3, -0.25) is 14.3 Å². The maximum Gasteiger partial charge on any atom is 0.330 e. The summed E-state index contributed by atoms with van der Waals surface area (Å²) in [5.41, 5.74) is -0.602. The summed E-state index contributed by atoms with van der Waals surface area (Å²) in [6.45, 7) is 10.1. The molecule has 3 heterocycles. The Hall–Kier alpha value is -4.38. The van der Waals surface area contributed by atoms with Crippen molar-refractivity contribution in [1.82, 2.24) is 14.2 Å². The Morgan fingerprint density at radius 2 is 1.53 bits per heavy atom. The van der Waals surface area contributed by atoms with Crippen LogP contribution in [0.4, 0.5) is 0 Å². The molecule has 5 atom stereocenters. The molecule has 1 unspecified atom stereocenters. The van der Waals surface area contributed by atoms with E-state index in [1.165, 1.54) is 10.8 Å². The molecular weight excluding hydrogens is 723 g/mol. The number of aromatic nitrogens is 2. The van der Waals surface area contributed by atoms with Gasteiger partial charge in [0.15, 0.2) is 11.8 Å². The van der Waals surface area contributed by atoms with Crippen LogP contribution in [0.25, 0.3) is 0 Å². The van der Waals surface area contributed by atoms with Crippen LogP contribution in [0.15, 0.2) is 94.6 Å². The second-order valence-electron chi connectivity index (χ2n) is 14.1. The molecule has 1 N–H and O–H groups in total. The van der Waals surface area contributed by atoms with Crippen LogP contribution in [0.2, 0.25) is 0 Å². The van der Waals surface area contributed by atoms with Gasteiger partial charge in [0.1, 0.15) is 29.3 Å². The molecule has 0 spiro atoms. The number of fused-ring (bicyclic) bond motifs is 1. The minimum absolute atomic E-state index is 0.0227. The summed E-state index contributed by atoms with van der Waals surface area (Å²) >= 11 is 0. The van der Waals surface area contributed by atoms with Gasteiger partial charge in [0.2, 0.25) is 0 Å². The van der Waals surface area contributed by atoms with Gasteiger partial charge in [-0.15, -0.1) is 0 Å². The molecule has 2 aliphatic rings. The van der Waals surface area contributed by atoms with Crippen molar-refractivity contribution in [2.24, 2.45) is 0 Å². The van der Waals surface area contributed by atoms with Gasteiger partial charge < -0.3 is 32.7 Å². The molecule has 6 rings (SSSR count). The number of aryl methyl sites for hydroxylation is 1. The van der Waals surface area contributed by atoms with Gasteiger partial charge >= 0.3 is 5.69 Å². The highest BCUT2D eigenvalue weighted by molar-refractivity contribution is 7.44.